The average molecular weight is 816 g/mol. The van der Waals surface area contributed by atoms with E-state index < -0.39 is 18.0 Å². The number of aliphatic hydroxyl groups excluding tert-OH is 1. The van der Waals surface area contributed by atoms with Crippen molar-refractivity contribution in [2.75, 3.05) is 45.9 Å². The van der Waals surface area contributed by atoms with Crippen LogP contribution in [-0.2, 0) is 27.3 Å². The third-order valence-corrected chi connectivity index (χ3v) is 12.0. The van der Waals surface area contributed by atoms with Gasteiger partial charge in [0, 0.05) is 62.4 Å². The Labute approximate surface area is 332 Å². The zero-order valence-electron chi connectivity index (χ0n) is 31.6. The molecule has 4 heterocycles. The number of aromatic hydroxyl groups is 1. The van der Waals surface area contributed by atoms with Crippen LogP contribution in [0.1, 0.15) is 96.6 Å². The maximum absolute atomic E-state index is 14.7. The second-order valence-electron chi connectivity index (χ2n) is 14.5. The van der Waals surface area contributed by atoms with E-state index in [9.17, 15) is 33.8 Å². The highest BCUT2D eigenvalue weighted by atomic mass is 32.1. The lowest BCUT2D eigenvalue weighted by atomic mass is 9.89. The molecule has 4 aromatic rings. The summed E-state index contributed by atoms with van der Waals surface area (Å²) in [5.74, 6) is -1.76. The molecule has 17 heteroatoms. The number of hydrogen-bond acceptors (Lipinski definition) is 12. The number of aliphatic hydroxyl groups is 1. The quantitative estimate of drug-likeness (QED) is 0.0868. The summed E-state index contributed by atoms with van der Waals surface area (Å²) in [6, 6.07) is 8.32. The first-order chi connectivity index (χ1) is 26.7. The molecule has 0 bridgehead atoms. The van der Waals surface area contributed by atoms with Gasteiger partial charge in [0.25, 0.3) is 5.91 Å². The molecule has 2 fully saturated rings. The lowest BCUT2D eigenvalue weighted by Gasteiger charge is -2.47. The summed E-state index contributed by atoms with van der Waals surface area (Å²) in [6.45, 7) is 8.84. The van der Waals surface area contributed by atoms with Crippen LogP contribution in [0.25, 0.3) is 10.2 Å². The van der Waals surface area contributed by atoms with Gasteiger partial charge in [0.15, 0.2) is 0 Å². The van der Waals surface area contributed by atoms with Crippen molar-refractivity contribution in [3.63, 3.8) is 0 Å². The lowest BCUT2D eigenvalue weighted by Crippen LogP contribution is -2.58. The molecule has 2 aromatic heterocycles. The molecule has 56 heavy (non-hydrogen) atoms. The molecule has 0 unspecified atom stereocenters. The smallest absolute Gasteiger partial charge is 0.305 e. The number of nitrogens with zero attached hydrogens (tertiary/aromatic N) is 3. The number of phenols is 1. The fourth-order valence-electron chi connectivity index (χ4n) is 6.85. The van der Waals surface area contributed by atoms with Gasteiger partial charge in [-0.3, -0.25) is 24.1 Å². The normalized spacial score (nSPS) is 16.2. The molecule has 1 atom stereocenters. The molecule has 6 rings (SSSR count). The highest BCUT2D eigenvalue weighted by Crippen LogP contribution is 2.33. The topological polar surface area (TPSA) is 206 Å². The van der Waals surface area contributed by atoms with Gasteiger partial charge in [-0.15, -0.1) is 11.3 Å². The first-order valence-corrected chi connectivity index (χ1v) is 20.5. The van der Waals surface area contributed by atoms with Crippen LogP contribution in [-0.4, -0.2) is 110 Å². The number of hydrogen-bond donors (Lipinski definition) is 6. The Morgan fingerprint density at radius 3 is 2.45 bits per heavy atom. The van der Waals surface area contributed by atoms with Crippen molar-refractivity contribution in [1.29, 1.82) is 0 Å². The number of phenolic OH excluding ortho intramolecular Hbond substituents is 1. The molecule has 304 valence electrons. The number of fused-ring (bicyclic) bond motifs is 1. The monoisotopic (exact) mass is 815 g/mol. The summed E-state index contributed by atoms with van der Waals surface area (Å²) in [5, 5.41) is 43.0. The number of unbranched alkanes of at least 4 members (excludes halogenated alkanes) is 1. The Morgan fingerprint density at radius 2 is 1.79 bits per heavy atom. The van der Waals surface area contributed by atoms with E-state index in [2.05, 4.69) is 34.0 Å². The molecule has 1 spiro atoms. The SMILES string of the molecule is CC(C)c1nc(C(=O)N2CCOC3(CCN(Cc4ccc(F)c(CCNC[C@H](O)c5ccc(O)c6[nH]c(=O)sc56)c4)CC3)C2)cs1.O=C(O)CCCCC(=O)O. The van der Waals surface area contributed by atoms with E-state index in [4.69, 9.17) is 14.9 Å². The third kappa shape index (κ3) is 11.6. The third-order valence-electron chi connectivity index (χ3n) is 9.94. The standard InChI is InChI=1S/C33H40FN5O5S2.C6H10O4/c1-20(2)30-36-25(18-45-30)31(42)39-13-14-44-33(19-39)8-11-38(12-9-33)17-21-3-5-24(34)22(15-21)7-10-35-16-27(41)23-4-6-26(40)28-29(23)46-32(43)37-28;7-5(8)3-1-2-4-6(9)10/h3-6,15,18,20,27,35,40-41H,7-14,16-17,19H2,1-2H3,(H,37,43);1-4H2,(H,7,8)(H,9,10)/t27-;/m0./s1. The lowest BCUT2D eigenvalue weighted by molar-refractivity contribution is -0.139. The van der Waals surface area contributed by atoms with Crippen LogP contribution in [0.4, 0.5) is 4.39 Å². The van der Waals surface area contributed by atoms with Crippen molar-refractivity contribution in [1.82, 2.24) is 25.1 Å². The maximum Gasteiger partial charge on any atom is 0.305 e. The van der Waals surface area contributed by atoms with E-state index >= 15 is 0 Å². The molecular weight excluding hydrogens is 766 g/mol. The number of benzene rings is 2. The molecule has 2 aliphatic rings. The number of morpholine rings is 1. The van der Waals surface area contributed by atoms with Crippen molar-refractivity contribution in [2.24, 2.45) is 0 Å². The first kappa shape index (κ1) is 42.9. The van der Waals surface area contributed by atoms with Gasteiger partial charge in [0.2, 0.25) is 0 Å². The van der Waals surface area contributed by atoms with Crippen LogP contribution < -0.4 is 10.2 Å². The molecule has 14 nitrogen and oxygen atoms in total. The summed E-state index contributed by atoms with van der Waals surface area (Å²) in [6.07, 6.45) is 2.21. The predicted molar refractivity (Wildman–Crippen MR) is 211 cm³/mol. The van der Waals surface area contributed by atoms with Gasteiger partial charge in [0.05, 0.1) is 34.6 Å². The summed E-state index contributed by atoms with van der Waals surface area (Å²) >= 11 is 2.48. The number of carboxylic acids is 2. The Bertz CT molecular complexity index is 2010. The van der Waals surface area contributed by atoms with Gasteiger partial charge >= 0.3 is 16.8 Å². The summed E-state index contributed by atoms with van der Waals surface area (Å²) < 4.78 is 21.5. The van der Waals surface area contributed by atoms with E-state index in [1.807, 2.05) is 22.4 Å². The number of thiazole rings is 2. The molecule has 0 aliphatic carbocycles. The number of carboxylic acid groups (broad SMARTS) is 2. The molecule has 0 radical (unpaired) electrons. The number of carbonyl (C=O) groups is 3. The second kappa shape index (κ2) is 19.7. The minimum absolute atomic E-state index is 0.0206. The Morgan fingerprint density at radius 1 is 1.07 bits per heavy atom. The van der Waals surface area contributed by atoms with Gasteiger partial charge in [-0.2, -0.15) is 0 Å². The van der Waals surface area contributed by atoms with E-state index in [1.54, 1.807) is 6.07 Å². The molecule has 2 saturated heterocycles. The largest absolute Gasteiger partial charge is 0.506 e. The second-order valence-corrected chi connectivity index (χ2v) is 16.4. The summed E-state index contributed by atoms with van der Waals surface area (Å²) in [5.41, 5.74) is 2.69. The van der Waals surface area contributed by atoms with Gasteiger partial charge in [-0.1, -0.05) is 43.4 Å². The van der Waals surface area contributed by atoms with E-state index in [0.29, 0.717) is 85.0 Å². The number of amides is 1. The Hall–Kier alpha value is -4.26. The van der Waals surface area contributed by atoms with Gasteiger partial charge in [-0.25, -0.2) is 9.37 Å². The highest BCUT2D eigenvalue weighted by Gasteiger charge is 2.41. The van der Waals surface area contributed by atoms with Crippen LogP contribution in [0.2, 0.25) is 0 Å². The van der Waals surface area contributed by atoms with Crippen molar-refractivity contribution in [3.05, 3.63) is 78.6 Å². The summed E-state index contributed by atoms with van der Waals surface area (Å²) in [7, 11) is 0. The van der Waals surface area contributed by atoms with Crippen molar-refractivity contribution in [2.45, 2.75) is 83.0 Å². The predicted octanol–water partition coefficient (Wildman–Crippen LogP) is 5.10. The summed E-state index contributed by atoms with van der Waals surface area (Å²) in [4.78, 5) is 55.9. The molecule has 0 saturated carbocycles. The number of H-pyrrole nitrogens is 1. The zero-order chi connectivity index (χ0) is 40.4. The van der Waals surface area contributed by atoms with Crippen molar-refractivity contribution >= 4 is 50.7 Å². The van der Waals surface area contributed by atoms with Gasteiger partial charge in [-0.05, 0) is 61.9 Å². The Balaban J connectivity index is 0.000000530. The molecule has 2 aliphatic heterocycles. The number of piperidine rings is 1. The number of aromatic amines is 1. The zero-order valence-corrected chi connectivity index (χ0v) is 33.2. The number of nitrogens with one attached hydrogen (secondary N) is 2. The van der Waals surface area contributed by atoms with Crippen molar-refractivity contribution in [3.8, 4) is 5.75 Å². The number of halogens is 1. The van der Waals surface area contributed by atoms with Gasteiger partial charge in [0.1, 0.15) is 22.8 Å². The maximum atomic E-state index is 14.7. The first-order valence-electron chi connectivity index (χ1n) is 18.8. The number of ether oxygens (including phenoxy) is 1. The van der Waals surface area contributed by atoms with E-state index in [0.717, 1.165) is 47.8 Å². The fourth-order valence-corrected chi connectivity index (χ4v) is 8.58. The van der Waals surface area contributed by atoms with Crippen LogP contribution in [0.15, 0.2) is 40.5 Å². The highest BCUT2D eigenvalue weighted by molar-refractivity contribution is 7.16. The van der Waals surface area contributed by atoms with Gasteiger partial charge < -0.3 is 40.4 Å². The minimum atomic E-state index is -0.892. The van der Waals surface area contributed by atoms with E-state index in [1.165, 1.54) is 23.5 Å². The molecule has 1 amide bonds. The molecule has 6 N–H and O–H groups in total. The minimum Gasteiger partial charge on any atom is -0.506 e. The molecular formula is C39H50FN5O9S2. The van der Waals surface area contributed by atoms with Crippen LogP contribution >= 0.6 is 22.7 Å². The molecule has 2 aromatic carbocycles. The van der Waals surface area contributed by atoms with Crippen LogP contribution in [0.5, 0.6) is 5.75 Å². The average Bonchev–Trinajstić information content (AvgIpc) is 3.82. The fraction of sp³-hybridized carbons (Fsp3) is 0.513. The number of rotatable bonds is 15. The number of aromatic nitrogens is 2. The number of carbonyl (C=O) groups excluding carboxylic acids is 1. The van der Waals surface area contributed by atoms with Crippen LogP contribution in [0, 0.1) is 5.82 Å². The van der Waals surface area contributed by atoms with E-state index in [-0.39, 0.29) is 47.3 Å². The van der Waals surface area contributed by atoms with Crippen molar-refractivity contribution < 1.29 is 43.9 Å². The number of likely N-dealkylation sites (tertiary alicyclic amines) is 1. The van der Waals surface area contributed by atoms with Crippen LogP contribution in [0.3, 0.4) is 0 Å². The number of aliphatic carboxylic acids is 2. The Kier molecular flexibility index (Phi) is 15.1.